The number of nitrogens with zero attached hydrogens (tertiary/aromatic N) is 4. The molecule has 0 atom stereocenters. The van der Waals surface area contributed by atoms with Crippen LogP contribution in [0, 0.1) is 6.92 Å². The monoisotopic (exact) mass is 300 g/mol. The van der Waals surface area contributed by atoms with Crippen LogP contribution in [0.3, 0.4) is 0 Å². The van der Waals surface area contributed by atoms with E-state index >= 15 is 0 Å². The molecule has 0 aliphatic rings. The molecule has 0 fully saturated rings. The van der Waals surface area contributed by atoms with Crippen LogP contribution in [0.1, 0.15) is 21.1 Å². The summed E-state index contributed by atoms with van der Waals surface area (Å²) in [7, 11) is 3.63. The van der Waals surface area contributed by atoms with Gasteiger partial charge < -0.3 is 4.90 Å². The highest BCUT2D eigenvalue weighted by atomic mass is 32.1. The second-order valence-corrected chi connectivity index (χ2v) is 6.12. The first kappa shape index (κ1) is 13.8. The fraction of sp³-hybridized carbons (Fsp3) is 0.267. The summed E-state index contributed by atoms with van der Waals surface area (Å²) >= 11 is 1.62. The second-order valence-electron chi connectivity index (χ2n) is 5.00. The van der Waals surface area contributed by atoms with Gasteiger partial charge in [0.2, 0.25) is 0 Å². The quantitative estimate of drug-likeness (QED) is 0.747. The molecule has 0 unspecified atom stereocenters. The zero-order chi connectivity index (χ0) is 15.0. The minimum atomic E-state index is -0.0279. The maximum atomic E-state index is 12.4. The first-order valence-electron chi connectivity index (χ1n) is 6.65. The molecule has 21 heavy (non-hydrogen) atoms. The summed E-state index contributed by atoms with van der Waals surface area (Å²) in [5.74, 6) is -0.0279. The summed E-state index contributed by atoms with van der Waals surface area (Å²) in [5.41, 5.74) is 2.49. The fourth-order valence-corrected chi connectivity index (χ4v) is 3.20. The number of thiazole rings is 1. The van der Waals surface area contributed by atoms with Gasteiger partial charge in [0, 0.05) is 19.8 Å². The van der Waals surface area contributed by atoms with E-state index in [-0.39, 0.29) is 5.91 Å². The van der Waals surface area contributed by atoms with Crippen LogP contribution in [0.2, 0.25) is 0 Å². The van der Waals surface area contributed by atoms with Gasteiger partial charge in [0.25, 0.3) is 5.91 Å². The molecule has 0 radical (unpaired) electrons. The number of para-hydroxylation sites is 1. The Labute approximate surface area is 126 Å². The topological polar surface area (TPSA) is 51.0 Å². The summed E-state index contributed by atoms with van der Waals surface area (Å²) in [5, 5.41) is 5.06. The van der Waals surface area contributed by atoms with Gasteiger partial charge in [0.1, 0.15) is 5.01 Å². The van der Waals surface area contributed by atoms with E-state index in [9.17, 15) is 4.79 Å². The minimum absolute atomic E-state index is 0.0279. The molecule has 3 aromatic rings. The lowest BCUT2D eigenvalue weighted by atomic mass is 10.2. The van der Waals surface area contributed by atoms with Gasteiger partial charge in [-0.05, 0) is 19.1 Å². The van der Waals surface area contributed by atoms with Crippen LogP contribution in [0.15, 0.2) is 30.5 Å². The van der Waals surface area contributed by atoms with E-state index in [1.54, 1.807) is 34.2 Å². The molecule has 0 aliphatic heterocycles. The van der Waals surface area contributed by atoms with Crippen molar-refractivity contribution in [3.05, 3.63) is 46.7 Å². The maximum Gasteiger partial charge on any atom is 0.257 e. The van der Waals surface area contributed by atoms with Crippen LogP contribution in [-0.4, -0.2) is 32.6 Å². The van der Waals surface area contributed by atoms with Crippen LogP contribution < -0.4 is 0 Å². The number of aryl methyl sites for hydroxylation is 1. The number of carbonyl (C=O) groups is 1. The van der Waals surface area contributed by atoms with Gasteiger partial charge in [-0.1, -0.05) is 12.1 Å². The summed E-state index contributed by atoms with van der Waals surface area (Å²) in [6.45, 7) is 2.40. The largest absolute Gasteiger partial charge is 0.335 e. The third-order valence-corrected chi connectivity index (χ3v) is 4.54. The number of benzene rings is 1. The SMILES string of the molecule is Cc1c(C(=O)N(C)Cc2nc3ccccc3s2)cnn1C. The number of fused-ring (bicyclic) bond motifs is 1. The van der Waals surface area contributed by atoms with Crippen molar-refractivity contribution < 1.29 is 4.79 Å². The van der Waals surface area contributed by atoms with Gasteiger partial charge in [0.15, 0.2) is 0 Å². The van der Waals surface area contributed by atoms with Crippen molar-refractivity contribution >= 4 is 27.5 Å². The number of rotatable bonds is 3. The summed E-state index contributed by atoms with van der Waals surface area (Å²) in [4.78, 5) is 18.7. The van der Waals surface area contributed by atoms with Crippen LogP contribution in [0.5, 0.6) is 0 Å². The number of carbonyl (C=O) groups excluding carboxylic acids is 1. The lowest BCUT2D eigenvalue weighted by molar-refractivity contribution is 0.0784. The molecule has 108 valence electrons. The van der Waals surface area contributed by atoms with Crippen LogP contribution in [-0.2, 0) is 13.6 Å². The molecule has 3 rings (SSSR count). The predicted octanol–water partition coefficient (Wildman–Crippen LogP) is 2.61. The van der Waals surface area contributed by atoms with Gasteiger partial charge in [-0.25, -0.2) is 4.98 Å². The summed E-state index contributed by atoms with van der Waals surface area (Å²) in [6.07, 6.45) is 1.62. The first-order chi connectivity index (χ1) is 10.1. The first-order valence-corrected chi connectivity index (χ1v) is 7.46. The summed E-state index contributed by atoms with van der Waals surface area (Å²) in [6, 6.07) is 8.00. The fourth-order valence-electron chi connectivity index (χ4n) is 2.18. The van der Waals surface area contributed by atoms with E-state index in [0.717, 1.165) is 20.9 Å². The zero-order valence-corrected chi connectivity index (χ0v) is 13.0. The van der Waals surface area contributed by atoms with Gasteiger partial charge in [0.05, 0.1) is 28.5 Å². The number of hydrogen-bond donors (Lipinski definition) is 0. The third kappa shape index (κ3) is 2.54. The highest BCUT2D eigenvalue weighted by molar-refractivity contribution is 7.18. The van der Waals surface area contributed by atoms with E-state index in [4.69, 9.17) is 0 Å². The molecule has 0 spiro atoms. The molecule has 1 amide bonds. The molecule has 1 aromatic carbocycles. The Kier molecular flexibility index (Phi) is 3.47. The molecule has 2 aromatic heterocycles. The van der Waals surface area contributed by atoms with E-state index in [1.165, 1.54) is 0 Å². The van der Waals surface area contributed by atoms with Gasteiger partial charge in [-0.3, -0.25) is 9.48 Å². The highest BCUT2D eigenvalue weighted by Crippen LogP contribution is 2.22. The number of hydrogen-bond acceptors (Lipinski definition) is 4. The average molecular weight is 300 g/mol. The third-order valence-electron chi connectivity index (χ3n) is 3.52. The number of amides is 1. The summed E-state index contributed by atoms with van der Waals surface area (Å²) < 4.78 is 2.85. The molecule has 0 saturated carbocycles. The number of aromatic nitrogens is 3. The predicted molar refractivity (Wildman–Crippen MR) is 83.4 cm³/mol. The van der Waals surface area contributed by atoms with Crippen molar-refractivity contribution in [1.29, 1.82) is 0 Å². The highest BCUT2D eigenvalue weighted by Gasteiger charge is 2.18. The molecule has 0 N–H and O–H groups in total. The zero-order valence-electron chi connectivity index (χ0n) is 12.2. The van der Waals surface area contributed by atoms with Crippen molar-refractivity contribution in [2.24, 2.45) is 7.05 Å². The molecule has 5 nitrogen and oxygen atoms in total. The maximum absolute atomic E-state index is 12.4. The Hall–Kier alpha value is -2.21. The van der Waals surface area contributed by atoms with Gasteiger partial charge in [-0.15, -0.1) is 11.3 Å². The van der Waals surface area contributed by atoms with E-state index in [0.29, 0.717) is 12.1 Å². The Balaban J connectivity index is 1.80. The molecule has 6 heteroatoms. The molecular formula is C15H16N4OS. The van der Waals surface area contributed by atoms with Crippen LogP contribution in [0.4, 0.5) is 0 Å². The second kappa shape index (κ2) is 5.29. The van der Waals surface area contributed by atoms with Crippen LogP contribution in [0.25, 0.3) is 10.2 Å². The smallest absolute Gasteiger partial charge is 0.257 e. The van der Waals surface area contributed by atoms with E-state index in [1.807, 2.05) is 38.2 Å². The average Bonchev–Trinajstić information content (AvgIpc) is 3.02. The minimum Gasteiger partial charge on any atom is -0.335 e. The van der Waals surface area contributed by atoms with Crippen molar-refractivity contribution in [2.75, 3.05) is 7.05 Å². The lowest BCUT2D eigenvalue weighted by Crippen LogP contribution is -2.26. The Morgan fingerprint density at radius 1 is 1.38 bits per heavy atom. The van der Waals surface area contributed by atoms with Crippen molar-refractivity contribution in [3.63, 3.8) is 0 Å². The molecule has 0 aliphatic carbocycles. The van der Waals surface area contributed by atoms with E-state index < -0.39 is 0 Å². The van der Waals surface area contributed by atoms with Crippen molar-refractivity contribution in [3.8, 4) is 0 Å². The molecule has 0 bridgehead atoms. The molecular weight excluding hydrogens is 284 g/mol. The van der Waals surface area contributed by atoms with Gasteiger partial charge in [-0.2, -0.15) is 5.10 Å². The molecule has 0 saturated heterocycles. The lowest BCUT2D eigenvalue weighted by Gasteiger charge is -2.15. The van der Waals surface area contributed by atoms with E-state index in [2.05, 4.69) is 10.1 Å². The Morgan fingerprint density at radius 3 is 2.81 bits per heavy atom. The van der Waals surface area contributed by atoms with Crippen LogP contribution >= 0.6 is 11.3 Å². The normalized spacial score (nSPS) is 11.0. The standard InChI is InChI=1S/C15H16N4OS/c1-10-11(8-16-19(10)3)15(20)18(2)9-14-17-12-6-4-5-7-13(12)21-14/h4-8H,9H2,1-3H3. The molecule has 2 heterocycles. The van der Waals surface area contributed by atoms with Crippen molar-refractivity contribution in [1.82, 2.24) is 19.7 Å². The Bertz CT molecular complexity index is 772. The van der Waals surface area contributed by atoms with Gasteiger partial charge >= 0.3 is 0 Å². The Morgan fingerprint density at radius 2 is 2.14 bits per heavy atom. The van der Waals surface area contributed by atoms with Crippen molar-refractivity contribution in [2.45, 2.75) is 13.5 Å².